The summed E-state index contributed by atoms with van der Waals surface area (Å²) in [5, 5.41) is 0. The molecule has 4 rings (SSSR count). The first-order valence-electron chi connectivity index (χ1n) is 8.91. The summed E-state index contributed by atoms with van der Waals surface area (Å²) in [4.78, 5) is 4.62. The van der Waals surface area contributed by atoms with E-state index in [-0.39, 0.29) is 0 Å². The smallest absolute Gasteiger partial charge is 0.218 e. The third kappa shape index (κ3) is 2.66. The minimum absolute atomic E-state index is 0.903. The number of hydrogen-bond donors (Lipinski definition) is 0. The van der Waals surface area contributed by atoms with Crippen molar-refractivity contribution in [3.63, 3.8) is 0 Å². The fourth-order valence-electron chi connectivity index (χ4n) is 3.79. The third-order valence-electron chi connectivity index (χ3n) is 5.00. The number of rotatable bonds is 3. The second-order valence-electron chi connectivity index (χ2n) is 6.91. The van der Waals surface area contributed by atoms with Crippen molar-refractivity contribution in [3.05, 3.63) is 89.5 Å². The van der Waals surface area contributed by atoms with Gasteiger partial charge in [0, 0.05) is 30.4 Å². The van der Waals surface area contributed by atoms with Crippen molar-refractivity contribution in [1.29, 1.82) is 0 Å². The number of aryl methyl sites for hydroxylation is 4. The Bertz CT molecular complexity index is 1040. The van der Waals surface area contributed by atoms with Crippen LogP contribution in [0.25, 0.3) is 22.8 Å². The summed E-state index contributed by atoms with van der Waals surface area (Å²) in [5.74, 6) is 0.903. The van der Waals surface area contributed by atoms with Gasteiger partial charge in [0.05, 0.1) is 5.69 Å². The van der Waals surface area contributed by atoms with E-state index >= 15 is 0 Å². The predicted molar refractivity (Wildman–Crippen MR) is 107 cm³/mol. The SMILES string of the molecule is Cc1cccc(C)c1-c1ccn(-c2nccn2-c2c(C)cccc2C)c1. The van der Waals surface area contributed by atoms with Gasteiger partial charge >= 0.3 is 0 Å². The molecule has 0 radical (unpaired) electrons. The molecule has 0 atom stereocenters. The normalized spacial score (nSPS) is 11.1. The van der Waals surface area contributed by atoms with Crippen molar-refractivity contribution in [2.75, 3.05) is 0 Å². The van der Waals surface area contributed by atoms with Crippen molar-refractivity contribution < 1.29 is 0 Å². The van der Waals surface area contributed by atoms with Gasteiger partial charge in [-0.05, 0) is 61.6 Å². The van der Waals surface area contributed by atoms with Gasteiger partial charge in [-0.1, -0.05) is 36.4 Å². The van der Waals surface area contributed by atoms with E-state index in [2.05, 4.69) is 96.7 Å². The van der Waals surface area contributed by atoms with Gasteiger partial charge in [0.2, 0.25) is 5.95 Å². The zero-order valence-electron chi connectivity index (χ0n) is 15.7. The van der Waals surface area contributed by atoms with E-state index in [4.69, 9.17) is 0 Å². The number of hydrogen-bond acceptors (Lipinski definition) is 1. The predicted octanol–water partition coefficient (Wildman–Crippen LogP) is 5.56. The molecule has 2 aromatic heterocycles. The Morgan fingerprint density at radius 1 is 0.731 bits per heavy atom. The van der Waals surface area contributed by atoms with Crippen molar-refractivity contribution in [2.45, 2.75) is 27.7 Å². The first-order chi connectivity index (χ1) is 12.6. The third-order valence-corrected chi connectivity index (χ3v) is 5.00. The molecule has 0 unspecified atom stereocenters. The highest BCUT2D eigenvalue weighted by Gasteiger charge is 2.13. The average molecular weight is 341 g/mol. The molecule has 0 aliphatic rings. The molecule has 3 heteroatoms. The standard InChI is InChI=1S/C23H23N3/c1-16-7-5-8-17(2)21(16)20-11-13-25(15-20)23-24-12-14-26(23)22-18(3)9-6-10-19(22)4/h5-15H,1-4H3. The highest BCUT2D eigenvalue weighted by Crippen LogP contribution is 2.29. The van der Waals surface area contributed by atoms with Crippen molar-refractivity contribution in [1.82, 2.24) is 14.1 Å². The van der Waals surface area contributed by atoms with E-state index < -0.39 is 0 Å². The summed E-state index contributed by atoms with van der Waals surface area (Å²) in [6, 6.07) is 15.0. The summed E-state index contributed by atoms with van der Waals surface area (Å²) in [6.45, 7) is 8.61. The molecule has 0 bridgehead atoms. The van der Waals surface area contributed by atoms with Crippen LogP contribution in [0.3, 0.4) is 0 Å². The van der Waals surface area contributed by atoms with E-state index in [1.54, 1.807) is 0 Å². The maximum Gasteiger partial charge on any atom is 0.218 e. The van der Waals surface area contributed by atoms with Crippen LogP contribution in [0.1, 0.15) is 22.3 Å². The molecule has 0 aliphatic carbocycles. The van der Waals surface area contributed by atoms with Crippen LogP contribution in [0.2, 0.25) is 0 Å². The van der Waals surface area contributed by atoms with Crippen LogP contribution in [0.15, 0.2) is 67.3 Å². The Hall–Kier alpha value is -3.07. The molecule has 130 valence electrons. The first-order valence-corrected chi connectivity index (χ1v) is 8.91. The van der Waals surface area contributed by atoms with E-state index in [0.717, 1.165) is 5.95 Å². The number of para-hydroxylation sites is 1. The minimum Gasteiger partial charge on any atom is -0.293 e. The molecule has 0 amide bonds. The van der Waals surface area contributed by atoms with Crippen LogP contribution in [0.4, 0.5) is 0 Å². The van der Waals surface area contributed by atoms with Crippen LogP contribution in [-0.4, -0.2) is 14.1 Å². The Morgan fingerprint density at radius 3 is 2.00 bits per heavy atom. The van der Waals surface area contributed by atoms with E-state index in [0.29, 0.717) is 0 Å². The maximum atomic E-state index is 4.62. The molecule has 0 N–H and O–H groups in total. The van der Waals surface area contributed by atoms with Gasteiger partial charge in [-0.25, -0.2) is 4.98 Å². The number of aromatic nitrogens is 3. The second-order valence-corrected chi connectivity index (χ2v) is 6.91. The lowest BCUT2D eigenvalue weighted by molar-refractivity contribution is 0.887. The lowest BCUT2D eigenvalue weighted by atomic mass is 9.98. The van der Waals surface area contributed by atoms with Gasteiger partial charge in [-0.15, -0.1) is 0 Å². The molecule has 2 heterocycles. The van der Waals surface area contributed by atoms with Gasteiger partial charge in [0.25, 0.3) is 0 Å². The van der Waals surface area contributed by atoms with E-state index in [1.165, 1.54) is 39.1 Å². The molecule has 4 aromatic rings. The quantitative estimate of drug-likeness (QED) is 0.478. The van der Waals surface area contributed by atoms with E-state index in [1.807, 2.05) is 12.4 Å². The summed E-state index contributed by atoms with van der Waals surface area (Å²) >= 11 is 0. The second kappa shape index (κ2) is 6.34. The molecule has 0 spiro atoms. The molecule has 3 nitrogen and oxygen atoms in total. The van der Waals surface area contributed by atoms with Crippen LogP contribution in [-0.2, 0) is 0 Å². The van der Waals surface area contributed by atoms with Gasteiger partial charge in [-0.2, -0.15) is 0 Å². The molecule has 26 heavy (non-hydrogen) atoms. The van der Waals surface area contributed by atoms with Gasteiger partial charge in [0.1, 0.15) is 0 Å². The van der Waals surface area contributed by atoms with Gasteiger partial charge in [0.15, 0.2) is 0 Å². The number of nitrogens with zero attached hydrogens (tertiary/aromatic N) is 3. The molecule has 0 fully saturated rings. The van der Waals surface area contributed by atoms with Crippen LogP contribution >= 0.6 is 0 Å². The molecular formula is C23H23N3. The molecule has 0 saturated heterocycles. The molecule has 2 aromatic carbocycles. The van der Waals surface area contributed by atoms with Crippen LogP contribution in [0, 0.1) is 27.7 Å². The van der Waals surface area contributed by atoms with Crippen molar-refractivity contribution in [3.8, 4) is 22.8 Å². The molecule has 0 saturated carbocycles. The zero-order valence-corrected chi connectivity index (χ0v) is 15.7. The summed E-state index contributed by atoms with van der Waals surface area (Å²) in [5.41, 5.74) is 8.79. The zero-order chi connectivity index (χ0) is 18.3. The Balaban J connectivity index is 1.83. The topological polar surface area (TPSA) is 22.8 Å². The number of imidazole rings is 1. The van der Waals surface area contributed by atoms with Crippen molar-refractivity contribution in [2.24, 2.45) is 0 Å². The first kappa shape index (κ1) is 16.4. The fraction of sp³-hybridized carbons (Fsp3) is 0.174. The highest BCUT2D eigenvalue weighted by molar-refractivity contribution is 5.70. The highest BCUT2D eigenvalue weighted by atomic mass is 15.2. The molecule has 0 aliphatic heterocycles. The average Bonchev–Trinajstić information content (AvgIpc) is 3.24. The summed E-state index contributed by atoms with van der Waals surface area (Å²) in [7, 11) is 0. The lowest BCUT2D eigenvalue weighted by Gasteiger charge is -2.14. The van der Waals surface area contributed by atoms with Crippen LogP contribution < -0.4 is 0 Å². The van der Waals surface area contributed by atoms with Gasteiger partial charge in [-0.3, -0.25) is 9.13 Å². The summed E-state index contributed by atoms with van der Waals surface area (Å²) in [6.07, 6.45) is 8.15. The Morgan fingerprint density at radius 2 is 1.35 bits per heavy atom. The maximum absolute atomic E-state index is 4.62. The summed E-state index contributed by atoms with van der Waals surface area (Å²) < 4.78 is 4.27. The van der Waals surface area contributed by atoms with E-state index in [9.17, 15) is 0 Å². The largest absolute Gasteiger partial charge is 0.293 e. The van der Waals surface area contributed by atoms with Gasteiger partial charge < -0.3 is 0 Å². The molecular weight excluding hydrogens is 318 g/mol. The minimum atomic E-state index is 0.903. The number of benzene rings is 2. The Labute approximate surface area is 154 Å². The fourth-order valence-corrected chi connectivity index (χ4v) is 3.79. The van der Waals surface area contributed by atoms with Crippen molar-refractivity contribution >= 4 is 0 Å². The van der Waals surface area contributed by atoms with Crippen LogP contribution in [0.5, 0.6) is 0 Å². The Kier molecular flexibility index (Phi) is 4.00. The lowest BCUT2D eigenvalue weighted by Crippen LogP contribution is -2.06. The monoisotopic (exact) mass is 341 g/mol.